The fraction of sp³-hybridized carbons (Fsp3) is 0.667. The number of carboxylic acids is 1. The van der Waals surface area contributed by atoms with Crippen LogP contribution in [-0.4, -0.2) is 55.1 Å². The first-order valence-corrected chi connectivity index (χ1v) is 8.19. The Bertz CT molecular complexity index is 480. The number of rotatable bonds is 6. The van der Waals surface area contributed by atoms with Crippen molar-refractivity contribution in [3.63, 3.8) is 0 Å². The van der Waals surface area contributed by atoms with Crippen molar-refractivity contribution in [1.29, 1.82) is 0 Å². The molecule has 1 saturated heterocycles. The van der Waals surface area contributed by atoms with E-state index < -0.39 is 22.0 Å². The monoisotopic (exact) mass is 304 g/mol. The third-order valence-corrected chi connectivity index (χ3v) is 4.61. The SMILES string of the molecule is C=CCC(NC(=O)C1CCN(S(C)(=O)=O)CC1)C(=O)O. The molecule has 0 aromatic carbocycles. The molecule has 1 amide bonds. The van der Waals surface area contributed by atoms with Crippen LogP contribution >= 0.6 is 0 Å². The van der Waals surface area contributed by atoms with Gasteiger partial charge in [-0.1, -0.05) is 6.08 Å². The summed E-state index contributed by atoms with van der Waals surface area (Å²) in [5.41, 5.74) is 0. The number of amides is 1. The van der Waals surface area contributed by atoms with Gasteiger partial charge in [0.2, 0.25) is 15.9 Å². The Kier molecular flexibility index (Phi) is 5.70. The number of piperidine rings is 1. The molecule has 1 rings (SSSR count). The molecule has 1 fully saturated rings. The van der Waals surface area contributed by atoms with E-state index >= 15 is 0 Å². The van der Waals surface area contributed by atoms with Gasteiger partial charge in [-0.05, 0) is 19.3 Å². The maximum atomic E-state index is 12.0. The minimum Gasteiger partial charge on any atom is -0.480 e. The summed E-state index contributed by atoms with van der Waals surface area (Å²) in [4.78, 5) is 22.9. The molecule has 0 saturated carbocycles. The number of nitrogens with zero attached hydrogens (tertiary/aromatic N) is 1. The molecule has 0 aromatic rings. The zero-order valence-electron chi connectivity index (χ0n) is 11.4. The standard InChI is InChI=1S/C12H20N2O5S/c1-3-4-10(12(16)17)13-11(15)9-5-7-14(8-6-9)20(2,18)19/h3,9-10H,1,4-8H2,2H3,(H,13,15)(H,16,17). The Morgan fingerprint density at radius 3 is 2.40 bits per heavy atom. The average Bonchev–Trinajstić information content (AvgIpc) is 2.37. The molecule has 0 aromatic heterocycles. The molecule has 20 heavy (non-hydrogen) atoms. The lowest BCUT2D eigenvalue weighted by Crippen LogP contribution is -2.47. The third-order valence-electron chi connectivity index (χ3n) is 3.31. The number of nitrogens with one attached hydrogen (secondary N) is 1. The quantitative estimate of drug-likeness (QED) is 0.662. The van der Waals surface area contributed by atoms with E-state index in [1.165, 1.54) is 10.4 Å². The second-order valence-corrected chi connectivity index (χ2v) is 6.84. The van der Waals surface area contributed by atoms with Gasteiger partial charge in [0.25, 0.3) is 0 Å². The van der Waals surface area contributed by atoms with Crippen molar-refractivity contribution in [3.8, 4) is 0 Å². The van der Waals surface area contributed by atoms with Crippen molar-refractivity contribution in [2.24, 2.45) is 5.92 Å². The average molecular weight is 304 g/mol. The van der Waals surface area contributed by atoms with E-state index in [2.05, 4.69) is 11.9 Å². The first-order chi connectivity index (χ1) is 9.25. The zero-order chi connectivity index (χ0) is 15.3. The van der Waals surface area contributed by atoms with Crippen LogP contribution in [0, 0.1) is 5.92 Å². The van der Waals surface area contributed by atoms with E-state index in [1.54, 1.807) is 0 Å². The molecule has 0 spiro atoms. The first-order valence-electron chi connectivity index (χ1n) is 6.35. The van der Waals surface area contributed by atoms with Crippen molar-refractivity contribution >= 4 is 21.9 Å². The molecule has 1 unspecified atom stereocenters. The number of hydrogen-bond donors (Lipinski definition) is 2. The molecule has 1 aliphatic rings. The van der Waals surface area contributed by atoms with Gasteiger partial charge in [0, 0.05) is 19.0 Å². The van der Waals surface area contributed by atoms with E-state index in [0.29, 0.717) is 12.8 Å². The summed E-state index contributed by atoms with van der Waals surface area (Å²) in [7, 11) is -3.23. The van der Waals surface area contributed by atoms with Gasteiger partial charge in [0.05, 0.1) is 6.26 Å². The molecule has 114 valence electrons. The van der Waals surface area contributed by atoms with E-state index in [4.69, 9.17) is 5.11 Å². The highest BCUT2D eigenvalue weighted by molar-refractivity contribution is 7.88. The summed E-state index contributed by atoms with van der Waals surface area (Å²) in [6.45, 7) is 4.03. The second kappa shape index (κ2) is 6.85. The molecule has 8 heteroatoms. The van der Waals surface area contributed by atoms with Crippen molar-refractivity contribution in [2.75, 3.05) is 19.3 Å². The highest BCUT2D eigenvalue weighted by Gasteiger charge is 2.30. The maximum Gasteiger partial charge on any atom is 0.326 e. The van der Waals surface area contributed by atoms with Crippen molar-refractivity contribution in [1.82, 2.24) is 9.62 Å². The van der Waals surface area contributed by atoms with Crippen LogP contribution in [0.15, 0.2) is 12.7 Å². The Morgan fingerprint density at radius 2 is 2.00 bits per heavy atom. The van der Waals surface area contributed by atoms with E-state index in [-0.39, 0.29) is 31.3 Å². The van der Waals surface area contributed by atoms with Crippen LogP contribution in [0.3, 0.4) is 0 Å². The van der Waals surface area contributed by atoms with Crippen LogP contribution in [0.2, 0.25) is 0 Å². The zero-order valence-corrected chi connectivity index (χ0v) is 12.2. The molecule has 1 atom stereocenters. The van der Waals surface area contributed by atoms with E-state index in [1.807, 2.05) is 0 Å². The first kappa shape index (κ1) is 16.6. The fourth-order valence-corrected chi connectivity index (χ4v) is 3.00. The van der Waals surface area contributed by atoms with E-state index in [9.17, 15) is 18.0 Å². The maximum absolute atomic E-state index is 12.0. The summed E-state index contributed by atoms with van der Waals surface area (Å²) in [5, 5.41) is 11.4. The van der Waals surface area contributed by atoms with Crippen LogP contribution < -0.4 is 5.32 Å². The summed E-state index contributed by atoms with van der Waals surface area (Å²) < 4.78 is 24.0. The number of carboxylic acid groups (broad SMARTS) is 1. The van der Waals surface area contributed by atoms with Gasteiger partial charge in [-0.2, -0.15) is 0 Å². The van der Waals surface area contributed by atoms with Crippen molar-refractivity contribution < 1.29 is 23.1 Å². The molecule has 7 nitrogen and oxygen atoms in total. The van der Waals surface area contributed by atoms with Gasteiger partial charge in [-0.15, -0.1) is 6.58 Å². The smallest absolute Gasteiger partial charge is 0.326 e. The normalized spacial score (nSPS) is 19.2. The summed E-state index contributed by atoms with van der Waals surface area (Å²) >= 11 is 0. The van der Waals surface area contributed by atoms with Gasteiger partial charge in [-0.25, -0.2) is 17.5 Å². The molecule has 0 radical (unpaired) electrons. The number of hydrogen-bond acceptors (Lipinski definition) is 4. The number of aliphatic carboxylic acids is 1. The Labute approximate surface area is 118 Å². The van der Waals surface area contributed by atoms with Crippen LogP contribution in [-0.2, 0) is 19.6 Å². The van der Waals surface area contributed by atoms with E-state index in [0.717, 1.165) is 6.26 Å². The van der Waals surface area contributed by atoms with Gasteiger partial charge in [0.15, 0.2) is 0 Å². The molecule has 1 heterocycles. The summed E-state index contributed by atoms with van der Waals surface area (Å²) in [6, 6.07) is -0.979. The molecule has 2 N–H and O–H groups in total. The Hall–Kier alpha value is -1.41. The van der Waals surface area contributed by atoms with Gasteiger partial charge in [0.1, 0.15) is 6.04 Å². The van der Waals surface area contributed by atoms with Crippen molar-refractivity contribution in [3.05, 3.63) is 12.7 Å². The van der Waals surface area contributed by atoms with Crippen LogP contribution in [0.4, 0.5) is 0 Å². The van der Waals surface area contributed by atoms with Gasteiger partial charge >= 0.3 is 5.97 Å². The number of carbonyl (C=O) groups is 2. The minimum absolute atomic E-state index is 0.156. The molecule has 0 bridgehead atoms. The predicted octanol–water partition coefficient (Wildman–Crippen LogP) is -0.196. The highest BCUT2D eigenvalue weighted by Crippen LogP contribution is 2.19. The number of sulfonamides is 1. The van der Waals surface area contributed by atoms with Crippen LogP contribution in [0.1, 0.15) is 19.3 Å². The van der Waals surface area contributed by atoms with Crippen LogP contribution in [0.5, 0.6) is 0 Å². The molecule has 1 aliphatic heterocycles. The predicted molar refractivity (Wildman–Crippen MR) is 73.5 cm³/mol. The van der Waals surface area contributed by atoms with Crippen molar-refractivity contribution in [2.45, 2.75) is 25.3 Å². The Morgan fingerprint density at radius 1 is 1.45 bits per heavy atom. The summed E-state index contributed by atoms with van der Waals surface area (Å²) in [6.07, 6.45) is 3.53. The second-order valence-electron chi connectivity index (χ2n) is 4.86. The lowest BCUT2D eigenvalue weighted by Gasteiger charge is -2.30. The van der Waals surface area contributed by atoms with Gasteiger partial charge < -0.3 is 10.4 Å². The number of carbonyl (C=O) groups excluding carboxylic acids is 1. The van der Waals surface area contributed by atoms with Gasteiger partial charge in [-0.3, -0.25) is 4.79 Å². The summed E-state index contributed by atoms with van der Waals surface area (Å²) in [5.74, 6) is -1.79. The largest absolute Gasteiger partial charge is 0.480 e. The lowest BCUT2D eigenvalue weighted by molar-refractivity contribution is -0.142. The molecular formula is C12H20N2O5S. The Balaban J connectivity index is 2.54. The molecule has 0 aliphatic carbocycles. The molecular weight excluding hydrogens is 284 g/mol. The fourth-order valence-electron chi connectivity index (χ4n) is 2.13. The topological polar surface area (TPSA) is 104 Å². The minimum atomic E-state index is -3.23. The highest BCUT2D eigenvalue weighted by atomic mass is 32.2. The lowest BCUT2D eigenvalue weighted by atomic mass is 9.96. The third kappa shape index (κ3) is 4.61. The van der Waals surface area contributed by atoms with Crippen LogP contribution in [0.25, 0.3) is 0 Å².